The molecular formula is C18H16ClNO2. The number of nitrogens with two attached hydrogens (primary N) is 1. The maximum Gasteiger partial charge on any atom is 0.284 e. The van der Waals surface area contributed by atoms with E-state index in [9.17, 15) is 4.79 Å². The van der Waals surface area contributed by atoms with Gasteiger partial charge in [-0.2, -0.15) is 0 Å². The molecular weight excluding hydrogens is 298 g/mol. The van der Waals surface area contributed by atoms with E-state index in [-0.39, 0.29) is 5.76 Å². The third kappa shape index (κ3) is 2.60. The largest absolute Gasteiger partial charge is 0.451 e. The van der Waals surface area contributed by atoms with E-state index in [1.807, 2.05) is 42.5 Å². The lowest BCUT2D eigenvalue weighted by atomic mass is 10.0. The molecule has 4 heteroatoms. The predicted molar refractivity (Wildman–Crippen MR) is 89.2 cm³/mol. The van der Waals surface area contributed by atoms with Gasteiger partial charge in [-0.15, -0.1) is 0 Å². The summed E-state index contributed by atoms with van der Waals surface area (Å²) in [6.45, 7) is 2.06. The topological polar surface area (TPSA) is 56.2 Å². The van der Waals surface area contributed by atoms with Crippen LogP contribution in [0, 0.1) is 0 Å². The molecule has 0 saturated heterocycles. The summed E-state index contributed by atoms with van der Waals surface area (Å²) in [6.07, 6.45) is 1.69. The van der Waals surface area contributed by atoms with Gasteiger partial charge in [0.1, 0.15) is 5.58 Å². The Morgan fingerprint density at radius 1 is 1.14 bits per heavy atom. The maximum absolute atomic E-state index is 11.6. The van der Waals surface area contributed by atoms with Gasteiger partial charge in [0, 0.05) is 16.0 Å². The molecule has 0 aliphatic heterocycles. The molecule has 0 aliphatic rings. The van der Waals surface area contributed by atoms with Crippen LogP contribution < -0.4 is 5.73 Å². The number of halogens is 1. The molecule has 3 nitrogen and oxygen atoms in total. The predicted octanol–water partition coefficient (Wildman–Crippen LogP) is 4.80. The van der Waals surface area contributed by atoms with E-state index in [1.54, 1.807) is 0 Å². The van der Waals surface area contributed by atoms with Crippen molar-refractivity contribution in [3.05, 3.63) is 58.8 Å². The van der Waals surface area contributed by atoms with Gasteiger partial charge in [0.25, 0.3) is 5.91 Å². The summed E-state index contributed by atoms with van der Waals surface area (Å²) in [7, 11) is 0. The molecule has 0 fully saturated rings. The molecule has 2 N–H and O–H groups in total. The van der Waals surface area contributed by atoms with Crippen LogP contribution in [-0.2, 0) is 6.42 Å². The zero-order valence-electron chi connectivity index (χ0n) is 12.2. The summed E-state index contributed by atoms with van der Waals surface area (Å²) in [5.41, 5.74) is 9.06. The van der Waals surface area contributed by atoms with Crippen molar-refractivity contribution in [1.82, 2.24) is 0 Å². The first-order valence-electron chi connectivity index (χ1n) is 7.21. The number of hydrogen-bond acceptors (Lipinski definition) is 2. The smallest absolute Gasteiger partial charge is 0.284 e. The molecule has 0 aliphatic carbocycles. The van der Waals surface area contributed by atoms with E-state index < -0.39 is 5.91 Å². The number of carbonyl (C=O) groups excluding carboxylic acids is 1. The molecule has 0 spiro atoms. The van der Waals surface area contributed by atoms with Crippen LogP contribution in [0.2, 0.25) is 5.02 Å². The van der Waals surface area contributed by atoms with Crippen LogP contribution in [0.1, 0.15) is 29.5 Å². The normalized spacial score (nSPS) is 11.0. The average Bonchev–Trinajstić information content (AvgIpc) is 2.87. The number of hydrogen-bond donors (Lipinski definition) is 1. The van der Waals surface area contributed by atoms with Crippen LogP contribution in [0.4, 0.5) is 0 Å². The first kappa shape index (κ1) is 14.7. The molecule has 0 bridgehead atoms. The number of amides is 1. The molecule has 0 atom stereocenters. The van der Waals surface area contributed by atoms with Crippen molar-refractivity contribution in [3.63, 3.8) is 0 Å². The van der Waals surface area contributed by atoms with E-state index >= 15 is 0 Å². The zero-order chi connectivity index (χ0) is 15.7. The van der Waals surface area contributed by atoms with Crippen molar-refractivity contribution < 1.29 is 9.21 Å². The number of fused-ring (bicyclic) bond motifs is 1. The molecule has 3 rings (SSSR count). The van der Waals surface area contributed by atoms with Crippen molar-refractivity contribution in [3.8, 4) is 11.1 Å². The number of benzene rings is 2. The number of aryl methyl sites for hydroxylation is 1. The van der Waals surface area contributed by atoms with E-state index in [0.29, 0.717) is 10.6 Å². The highest BCUT2D eigenvalue weighted by molar-refractivity contribution is 6.30. The fourth-order valence-electron chi connectivity index (χ4n) is 2.67. The SMILES string of the molecule is CCCc1c(C(N)=O)oc2cc(-c3ccc(Cl)cc3)ccc12. The number of carbonyl (C=O) groups is 1. The minimum absolute atomic E-state index is 0.269. The van der Waals surface area contributed by atoms with Crippen LogP contribution in [0.15, 0.2) is 46.9 Å². The van der Waals surface area contributed by atoms with Crippen LogP contribution >= 0.6 is 11.6 Å². The molecule has 0 radical (unpaired) electrons. The molecule has 3 aromatic rings. The van der Waals surface area contributed by atoms with Crippen molar-refractivity contribution in [2.24, 2.45) is 5.73 Å². The summed E-state index contributed by atoms with van der Waals surface area (Å²) in [5, 5.41) is 1.65. The van der Waals surface area contributed by atoms with Gasteiger partial charge in [-0.05, 0) is 35.7 Å². The number of furan rings is 1. The molecule has 1 aromatic heterocycles. The third-order valence-corrected chi connectivity index (χ3v) is 3.95. The third-order valence-electron chi connectivity index (χ3n) is 3.69. The molecule has 22 heavy (non-hydrogen) atoms. The Labute approximate surface area is 133 Å². The lowest BCUT2D eigenvalue weighted by molar-refractivity contribution is 0.0974. The molecule has 2 aromatic carbocycles. The Morgan fingerprint density at radius 2 is 1.82 bits per heavy atom. The van der Waals surface area contributed by atoms with Gasteiger partial charge < -0.3 is 10.2 Å². The summed E-state index contributed by atoms with van der Waals surface area (Å²) < 4.78 is 5.70. The van der Waals surface area contributed by atoms with Crippen molar-refractivity contribution in [2.45, 2.75) is 19.8 Å². The average molecular weight is 314 g/mol. The van der Waals surface area contributed by atoms with Gasteiger partial charge in [0.05, 0.1) is 0 Å². The highest BCUT2D eigenvalue weighted by Crippen LogP contribution is 2.31. The summed E-state index contributed by atoms with van der Waals surface area (Å²) in [4.78, 5) is 11.6. The summed E-state index contributed by atoms with van der Waals surface area (Å²) in [5.74, 6) is -0.252. The quantitative estimate of drug-likeness (QED) is 0.751. The maximum atomic E-state index is 11.6. The molecule has 112 valence electrons. The number of rotatable bonds is 4. The van der Waals surface area contributed by atoms with Crippen molar-refractivity contribution in [1.29, 1.82) is 0 Å². The first-order chi connectivity index (χ1) is 10.6. The van der Waals surface area contributed by atoms with Gasteiger partial charge in [0.2, 0.25) is 0 Å². The first-order valence-corrected chi connectivity index (χ1v) is 7.59. The van der Waals surface area contributed by atoms with Gasteiger partial charge in [0.15, 0.2) is 5.76 Å². The Balaban J connectivity index is 2.14. The molecule has 0 saturated carbocycles. The fraction of sp³-hybridized carbons (Fsp3) is 0.167. The highest BCUT2D eigenvalue weighted by Gasteiger charge is 2.18. The standard InChI is InChI=1S/C18H16ClNO2/c1-2-3-15-14-9-6-12(11-4-7-13(19)8-5-11)10-16(14)22-17(15)18(20)21/h4-10H,2-3H2,1H3,(H2,20,21). The van der Waals surface area contributed by atoms with E-state index in [0.717, 1.165) is 34.9 Å². The molecule has 1 heterocycles. The highest BCUT2D eigenvalue weighted by atomic mass is 35.5. The lowest BCUT2D eigenvalue weighted by Gasteiger charge is -2.02. The van der Waals surface area contributed by atoms with Crippen LogP contribution in [0.5, 0.6) is 0 Å². The van der Waals surface area contributed by atoms with Crippen molar-refractivity contribution in [2.75, 3.05) is 0 Å². The summed E-state index contributed by atoms with van der Waals surface area (Å²) in [6, 6.07) is 13.5. The van der Waals surface area contributed by atoms with Gasteiger partial charge in [-0.1, -0.05) is 49.2 Å². The lowest BCUT2D eigenvalue weighted by Crippen LogP contribution is -2.11. The van der Waals surface area contributed by atoms with Crippen LogP contribution in [-0.4, -0.2) is 5.91 Å². The number of primary amides is 1. The van der Waals surface area contributed by atoms with E-state index in [2.05, 4.69) is 6.92 Å². The van der Waals surface area contributed by atoms with Crippen LogP contribution in [0.25, 0.3) is 22.1 Å². The Morgan fingerprint density at radius 3 is 2.45 bits per heavy atom. The second-order valence-corrected chi connectivity index (χ2v) is 5.68. The molecule has 0 unspecified atom stereocenters. The fourth-order valence-corrected chi connectivity index (χ4v) is 2.80. The van der Waals surface area contributed by atoms with E-state index in [4.69, 9.17) is 21.8 Å². The molecule has 1 amide bonds. The minimum Gasteiger partial charge on any atom is -0.451 e. The van der Waals surface area contributed by atoms with Crippen molar-refractivity contribution >= 4 is 28.5 Å². The Kier molecular flexibility index (Phi) is 3.90. The van der Waals surface area contributed by atoms with Crippen LogP contribution in [0.3, 0.4) is 0 Å². The van der Waals surface area contributed by atoms with E-state index in [1.165, 1.54) is 0 Å². The van der Waals surface area contributed by atoms with Gasteiger partial charge in [-0.3, -0.25) is 4.79 Å². The second kappa shape index (κ2) is 5.85. The van der Waals surface area contributed by atoms with Gasteiger partial charge in [-0.25, -0.2) is 0 Å². The zero-order valence-corrected chi connectivity index (χ0v) is 13.0. The second-order valence-electron chi connectivity index (χ2n) is 5.24. The monoisotopic (exact) mass is 313 g/mol. The summed E-state index contributed by atoms with van der Waals surface area (Å²) >= 11 is 5.92. The Bertz CT molecular complexity index is 834. The Hall–Kier alpha value is -2.26. The minimum atomic E-state index is -0.521. The van der Waals surface area contributed by atoms with Gasteiger partial charge >= 0.3 is 0 Å².